The fraction of sp³-hybridized carbons (Fsp3) is 0.400. The highest BCUT2D eigenvalue weighted by Crippen LogP contribution is 2.44. The lowest BCUT2D eigenvalue weighted by molar-refractivity contribution is 0.502. The molecule has 1 aromatic heterocycles. The molecule has 4 rings (SSSR count). The van der Waals surface area contributed by atoms with Crippen LogP contribution in [-0.4, -0.2) is 10.7 Å². The summed E-state index contributed by atoms with van der Waals surface area (Å²) >= 11 is 3.76. The van der Waals surface area contributed by atoms with Gasteiger partial charge in [-0.05, 0) is 37.3 Å². The van der Waals surface area contributed by atoms with Crippen molar-refractivity contribution in [3.63, 3.8) is 0 Å². The van der Waals surface area contributed by atoms with Crippen LogP contribution in [0.1, 0.15) is 34.0 Å². The maximum absolute atomic E-state index is 6.79. The van der Waals surface area contributed by atoms with Gasteiger partial charge in [-0.1, -0.05) is 18.2 Å². The molecular formula is C15H16N2S2. The van der Waals surface area contributed by atoms with Crippen molar-refractivity contribution in [1.29, 1.82) is 0 Å². The average Bonchev–Trinajstić information content (AvgIpc) is 3.00. The Balaban J connectivity index is 1.85. The van der Waals surface area contributed by atoms with Crippen LogP contribution in [0.4, 0.5) is 0 Å². The van der Waals surface area contributed by atoms with Gasteiger partial charge in [0.25, 0.3) is 0 Å². The van der Waals surface area contributed by atoms with E-state index < -0.39 is 0 Å². The topological polar surface area (TPSA) is 38.9 Å². The largest absolute Gasteiger partial charge is 0.316 e. The number of nitrogens with zero attached hydrogens (tertiary/aromatic N) is 1. The molecule has 1 aliphatic heterocycles. The summed E-state index contributed by atoms with van der Waals surface area (Å²) in [6.45, 7) is 0. The third-order valence-electron chi connectivity index (χ3n) is 4.10. The smallest absolute Gasteiger partial charge is 0.118 e. The standard InChI is InChI=1S/C15H16N2S2/c16-15(14-17-11-5-3-7-13(11)19-14)8-9-18-12-6-2-1-4-10(12)15/h1-2,4,6H,3,5,7-9,16H2. The molecule has 0 saturated carbocycles. The number of rotatable bonds is 1. The quantitative estimate of drug-likeness (QED) is 0.875. The minimum Gasteiger partial charge on any atom is -0.316 e. The predicted molar refractivity (Wildman–Crippen MR) is 80.9 cm³/mol. The molecule has 2 nitrogen and oxygen atoms in total. The number of aryl methyl sites for hydroxylation is 2. The third kappa shape index (κ3) is 1.77. The molecule has 0 radical (unpaired) electrons. The summed E-state index contributed by atoms with van der Waals surface area (Å²) in [5, 5.41) is 1.13. The number of fused-ring (bicyclic) bond motifs is 2. The zero-order valence-corrected chi connectivity index (χ0v) is 12.3. The Morgan fingerprint density at radius 2 is 2.11 bits per heavy atom. The average molecular weight is 288 g/mol. The molecule has 0 bridgehead atoms. The van der Waals surface area contributed by atoms with Gasteiger partial charge in [0.2, 0.25) is 0 Å². The maximum atomic E-state index is 6.79. The van der Waals surface area contributed by atoms with Crippen molar-refractivity contribution in [2.24, 2.45) is 5.73 Å². The van der Waals surface area contributed by atoms with E-state index in [-0.39, 0.29) is 5.54 Å². The van der Waals surface area contributed by atoms with Crippen LogP contribution < -0.4 is 5.73 Å². The molecule has 2 aromatic rings. The monoisotopic (exact) mass is 288 g/mol. The fourth-order valence-corrected chi connectivity index (χ4v) is 5.54. The Bertz CT molecular complexity index is 613. The van der Waals surface area contributed by atoms with Crippen LogP contribution in [0.2, 0.25) is 0 Å². The van der Waals surface area contributed by atoms with Crippen molar-refractivity contribution < 1.29 is 0 Å². The Morgan fingerprint density at radius 1 is 1.21 bits per heavy atom. The van der Waals surface area contributed by atoms with Gasteiger partial charge in [-0.15, -0.1) is 23.1 Å². The summed E-state index contributed by atoms with van der Waals surface area (Å²) in [6.07, 6.45) is 4.58. The van der Waals surface area contributed by atoms with E-state index in [0.29, 0.717) is 0 Å². The summed E-state index contributed by atoms with van der Waals surface area (Å²) in [7, 11) is 0. The zero-order valence-electron chi connectivity index (χ0n) is 10.7. The fourth-order valence-electron chi connectivity index (χ4n) is 3.02. The molecule has 2 heterocycles. The molecule has 0 amide bonds. The first-order valence-electron chi connectivity index (χ1n) is 6.77. The first-order chi connectivity index (χ1) is 9.27. The maximum Gasteiger partial charge on any atom is 0.118 e. The SMILES string of the molecule is NC1(c2nc3c(s2)CCC3)CCSc2ccccc21. The molecule has 19 heavy (non-hydrogen) atoms. The second-order valence-electron chi connectivity index (χ2n) is 5.31. The highest BCUT2D eigenvalue weighted by atomic mass is 32.2. The second-order valence-corrected chi connectivity index (χ2v) is 7.53. The molecule has 0 saturated heterocycles. The van der Waals surface area contributed by atoms with Gasteiger partial charge in [0.1, 0.15) is 5.01 Å². The summed E-state index contributed by atoms with van der Waals surface area (Å²) in [4.78, 5) is 7.66. The van der Waals surface area contributed by atoms with Crippen LogP contribution in [0.25, 0.3) is 0 Å². The molecule has 1 unspecified atom stereocenters. The van der Waals surface area contributed by atoms with Gasteiger partial charge in [-0.2, -0.15) is 0 Å². The van der Waals surface area contributed by atoms with Crippen molar-refractivity contribution >= 4 is 23.1 Å². The zero-order chi connectivity index (χ0) is 12.9. The predicted octanol–water partition coefficient (Wildman–Crippen LogP) is 3.33. The molecule has 1 aromatic carbocycles. The lowest BCUT2D eigenvalue weighted by Gasteiger charge is -2.33. The Morgan fingerprint density at radius 3 is 3.00 bits per heavy atom. The van der Waals surface area contributed by atoms with E-state index in [2.05, 4.69) is 24.3 Å². The van der Waals surface area contributed by atoms with Gasteiger partial charge < -0.3 is 5.73 Å². The summed E-state index contributed by atoms with van der Waals surface area (Å²) < 4.78 is 0. The van der Waals surface area contributed by atoms with Crippen LogP contribution in [0.3, 0.4) is 0 Å². The van der Waals surface area contributed by atoms with E-state index in [1.54, 1.807) is 0 Å². The van der Waals surface area contributed by atoms with Gasteiger partial charge >= 0.3 is 0 Å². The first kappa shape index (κ1) is 11.9. The summed E-state index contributed by atoms with van der Waals surface area (Å²) in [5.74, 6) is 1.08. The minimum atomic E-state index is -0.364. The molecule has 2 aliphatic rings. The van der Waals surface area contributed by atoms with Gasteiger partial charge in [0, 0.05) is 15.5 Å². The van der Waals surface area contributed by atoms with E-state index in [1.165, 1.54) is 33.9 Å². The Kier molecular flexibility index (Phi) is 2.72. The lowest BCUT2D eigenvalue weighted by atomic mass is 9.88. The number of hydrogen-bond donors (Lipinski definition) is 1. The highest BCUT2D eigenvalue weighted by molar-refractivity contribution is 7.99. The summed E-state index contributed by atoms with van der Waals surface area (Å²) in [6, 6.07) is 8.54. The molecule has 0 fully saturated rings. The van der Waals surface area contributed by atoms with Crippen molar-refractivity contribution in [2.45, 2.75) is 36.1 Å². The molecule has 0 spiro atoms. The lowest BCUT2D eigenvalue weighted by Crippen LogP contribution is -2.40. The highest BCUT2D eigenvalue weighted by Gasteiger charge is 2.38. The summed E-state index contributed by atoms with van der Waals surface area (Å²) in [5.41, 5.74) is 8.99. The second kappa shape index (κ2) is 4.33. The molecular weight excluding hydrogens is 272 g/mol. The van der Waals surface area contributed by atoms with E-state index in [1.807, 2.05) is 23.1 Å². The van der Waals surface area contributed by atoms with E-state index in [0.717, 1.165) is 23.6 Å². The van der Waals surface area contributed by atoms with Crippen LogP contribution >= 0.6 is 23.1 Å². The third-order valence-corrected chi connectivity index (χ3v) is 6.51. The number of aromatic nitrogens is 1. The molecule has 1 aliphatic carbocycles. The number of benzene rings is 1. The number of hydrogen-bond acceptors (Lipinski definition) is 4. The van der Waals surface area contributed by atoms with Crippen molar-refractivity contribution in [1.82, 2.24) is 4.98 Å². The molecule has 4 heteroatoms. The van der Waals surface area contributed by atoms with Crippen LogP contribution in [0, 0.1) is 0 Å². The van der Waals surface area contributed by atoms with Gasteiger partial charge in [0.05, 0.1) is 11.2 Å². The first-order valence-corrected chi connectivity index (χ1v) is 8.58. The van der Waals surface area contributed by atoms with Gasteiger partial charge in [-0.3, -0.25) is 0 Å². The molecule has 98 valence electrons. The Labute approximate surface area is 121 Å². The molecule has 1 atom stereocenters. The van der Waals surface area contributed by atoms with Crippen molar-refractivity contribution in [3.05, 3.63) is 45.4 Å². The van der Waals surface area contributed by atoms with E-state index in [9.17, 15) is 0 Å². The van der Waals surface area contributed by atoms with Crippen molar-refractivity contribution in [3.8, 4) is 0 Å². The van der Waals surface area contributed by atoms with Crippen molar-refractivity contribution in [2.75, 3.05) is 5.75 Å². The van der Waals surface area contributed by atoms with Crippen LogP contribution in [-0.2, 0) is 18.4 Å². The minimum absolute atomic E-state index is 0.364. The Hall–Kier alpha value is -0.840. The van der Waals surface area contributed by atoms with Crippen LogP contribution in [0.15, 0.2) is 29.2 Å². The van der Waals surface area contributed by atoms with Gasteiger partial charge in [0.15, 0.2) is 0 Å². The number of thiazole rings is 1. The number of thioether (sulfide) groups is 1. The van der Waals surface area contributed by atoms with Crippen LogP contribution in [0.5, 0.6) is 0 Å². The number of nitrogens with two attached hydrogens (primary N) is 1. The van der Waals surface area contributed by atoms with E-state index >= 15 is 0 Å². The van der Waals surface area contributed by atoms with Gasteiger partial charge in [-0.25, -0.2) is 4.98 Å². The van der Waals surface area contributed by atoms with E-state index in [4.69, 9.17) is 10.7 Å². The molecule has 2 N–H and O–H groups in total. The normalized spacial score (nSPS) is 25.1.